The third-order valence-electron chi connectivity index (χ3n) is 4.08. The third-order valence-corrected chi connectivity index (χ3v) is 5.63. The average molecular weight is 360 g/mol. The minimum absolute atomic E-state index is 0.105. The molecule has 0 bridgehead atoms. The average Bonchev–Trinajstić information content (AvgIpc) is 3.12. The highest BCUT2D eigenvalue weighted by Crippen LogP contribution is 2.20. The first-order chi connectivity index (χ1) is 11.6. The van der Waals surface area contributed by atoms with Crippen molar-refractivity contribution in [3.63, 3.8) is 0 Å². The summed E-state index contributed by atoms with van der Waals surface area (Å²) in [6.07, 6.45) is 2.05. The van der Waals surface area contributed by atoms with Gasteiger partial charge in [-0.2, -0.15) is 11.8 Å². The molecule has 1 aromatic carbocycles. The summed E-state index contributed by atoms with van der Waals surface area (Å²) < 4.78 is 2.05. The molecule has 0 fully saturated rings. The molecule has 2 aromatic heterocycles. The van der Waals surface area contributed by atoms with Crippen molar-refractivity contribution in [1.82, 2.24) is 14.5 Å². The summed E-state index contributed by atoms with van der Waals surface area (Å²) in [6, 6.07) is 10.1. The van der Waals surface area contributed by atoms with Gasteiger partial charge >= 0.3 is 0 Å². The van der Waals surface area contributed by atoms with E-state index in [1.54, 1.807) is 28.0 Å². The van der Waals surface area contributed by atoms with E-state index >= 15 is 0 Å². The molecule has 1 amide bonds. The summed E-state index contributed by atoms with van der Waals surface area (Å²) in [7, 11) is 1.87. The number of hydrogen-bond donors (Lipinski definition) is 0. The summed E-state index contributed by atoms with van der Waals surface area (Å²) in [5.41, 5.74) is 3.22. The molecule has 0 aliphatic rings. The Kier molecular flexibility index (Phi) is 5.26. The molecule has 24 heavy (non-hydrogen) atoms. The number of aryl methyl sites for hydroxylation is 1. The zero-order valence-corrected chi connectivity index (χ0v) is 15.8. The van der Waals surface area contributed by atoms with Gasteiger partial charge in [0.25, 0.3) is 0 Å². The zero-order valence-electron chi connectivity index (χ0n) is 14.2. The summed E-state index contributed by atoms with van der Waals surface area (Å²) >= 11 is 3.42. The predicted octanol–water partition coefficient (Wildman–Crippen LogP) is 3.93. The molecule has 6 heteroatoms. The smallest absolute Gasteiger partial charge is 0.242 e. The van der Waals surface area contributed by atoms with Gasteiger partial charge in [0.05, 0.1) is 23.3 Å². The molecule has 126 valence electrons. The van der Waals surface area contributed by atoms with Crippen molar-refractivity contribution < 1.29 is 4.79 Å². The van der Waals surface area contributed by atoms with Crippen LogP contribution in [0.25, 0.3) is 11.0 Å². The normalized spacial score (nSPS) is 11.1. The van der Waals surface area contributed by atoms with Crippen LogP contribution in [0.3, 0.4) is 0 Å². The van der Waals surface area contributed by atoms with Crippen molar-refractivity contribution >= 4 is 40.0 Å². The minimum atomic E-state index is 0.105. The number of thioether (sulfide) groups is 1. The number of carbonyl (C=O) groups excluding carboxylic acids is 1. The Hall–Kier alpha value is -1.79. The fourth-order valence-electron chi connectivity index (χ4n) is 2.67. The Bertz CT molecular complexity index is 853. The maximum absolute atomic E-state index is 12.7. The van der Waals surface area contributed by atoms with Crippen LogP contribution in [0.15, 0.2) is 35.7 Å². The van der Waals surface area contributed by atoms with Gasteiger partial charge in [-0.3, -0.25) is 4.79 Å². The van der Waals surface area contributed by atoms with E-state index in [9.17, 15) is 4.79 Å². The molecule has 0 atom stereocenters. The van der Waals surface area contributed by atoms with Crippen LogP contribution in [0.1, 0.15) is 16.3 Å². The highest BCUT2D eigenvalue weighted by atomic mass is 32.2. The number of imidazole rings is 1. The fourth-order valence-corrected chi connectivity index (χ4v) is 4.10. The first kappa shape index (κ1) is 17.0. The van der Waals surface area contributed by atoms with Crippen molar-refractivity contribution in [2.45, 2.75) is 25.8 Å². The number of aromatic nitrogens is 2. The van der Waals surface area contributed by atoms with E-state index in [0.29, 0.717) is 13.1 Å². The molecule has 0 aliphatic carbocycles. The van der Waals surface area contributed by atoms with Crippen LogP contribution in [0.5, 0.6) is 0 Å². The van der Waals surface area contributed by atoms with Gasteiger partial charge in [-0.1, -0.05) is 12.1 Å². The topological polar surface area (TPSA) is 38.1 Å². The third kappa shape index (κ3) is 3.49. The molecule has 3 aromatic rings. The lowest BCUT2D eigenvalue weighted by Crippen LogP contribution is -2.30. The molecule has 0 N–H and O–H groups in total. The van der Waals surface area contributed by atoms with Crippen molar-refractivity contribution in [3.05, 3.63) is 52.0 Å². The second kappa shape index (κ2) is 7.40. The number of likely N-dealkylation sites (N-methyl/N-ethyl adjacent to an activating group) is 1. The maximum Gasteiger partial charge on any atom is 0.242 e. The number of nitrogens with zero attached hydrogens (tertiary/aromatic N) is 3. The van der Waals surface area contributed by atoms with Gasteiger partial charge < -0.3 is 9.47 Å². The van der Waals surface area contributed by atoms with E-state index in [2.05, 4.69) is 29.6 Å². The van der Waals surface area contributed by atoms with Crippen LogP contribution in [-0.2, 0) is 23.6 Å². The Balaban J connectivity index is 1.81. The fraction of sp³-hybridized carbons (Fsp3) is 0.333. The van der Waals surface area contributed by atoms with Crippen molar-refractivity contribution in [2.75, 3.05) is 13.3 Å². The second-order valence-corrected chi connectivity index (χ2v) is 7.68. The van der Waals surface area contributed by atoms with Crippen molar-refractivity contribution in [2.24, 2.45) is 0 Å². The van der Waals surface area contributed by atoms with Gasteiger partial charge in [-0.05, 0) is 42.3 Å². The number of amides is 1. The summed E-state index contributed by atoms with van der Waals surface area (Å²) in [5.74, 6) is 1.86. The molecule has 0 aliphatic heterocycles. The lowest BCUT2D eigenvalue weighted by molar-refractivity contribution is -0.131. The van der Waals surface area contributed by atoms with Gasteiger partial charge in [0.1, 0.15) is 12.4 Å². The number of hydrogen-bond acceptors (Lipinski definition) is 4. The first-order valence-corrected chi connectivity index (χ1v) is 10.1. The molecule has 0 saturated heterocycles. The van der Waals surface area contributed by atoms with E-state index in [0.717, 1.165) is 22.6 Å². The number of benzene rings is 1. The standard InChI is InChI=1S/C18H21N3OS2/c1-13-8-9-24-16(13)10-20(2)18(22)11-21-15-7-5-4-6-14(15)19-17(21)12-23-3/h4-9H,10-12H2,1-3H3. The van der Waals surface area contributed by atoms with Crippen LogP contribution in [0, 0.1) is 6.92 Å². The monoisotopic (exact) mass is 359 g/mol. The van der Waals surface area contributed by atoms with E-state index in [4.69, 9.17) is 0 Å². The van der Waals surface area contributed by atoms with E-state index in [1.807, 2.05) is 35.9 Å². The quantitative estimate of drug-likeness (QED) is 0.669. The molecular weight excluding hydrogens is 338 g/mol. The Morgan fingerprint density at radius 3 is 2.83 bits per heavy atom. The van der Waals surface area contributed by atoms with E-state index in [-0.39, 0.29) is 5.91 Å². The lowest BCUT2D eigenvalue weighted by atomic mass is 10.3. The number of thiophene rings is 1. The largest absolute Gasteiger partial charge is 0.339 e. The van der Waals surface area contributed by atoms with Crippen molar-refractivity contribution in [1.29, 1.82) is 0 Å². The number of fused-ring (bicyclic) bond motifs is 1. The lowest BCUT2D eigenvalue weighted by Gasteiger charge is -2.18. The van der Waals surface area contributed by atoms with Gasteiger partial charge in [0, 0.05) is 11.9 Å². The Morgan fingerprint density at radius 2 is 2.12 bits per heavy atom. The van der Waals surface area contributed by atoms with Crippen LogP contribution >= 0.6 is 23.1 Å². The number of rotatable bonds is 6. The van der Waals surface area contributed by atoms with Gasteiger partial charge in [-0.15, -0.1) is 11.3 Å². The van der Waals surface area contributed by atoms with Gasteiger partial charge in [0.15, 0.2) is 0 Å². The van der Waals surface area contributed by atoms with E-state index < -0.39 is 0 Å². The molecular formula is C18H21N3OS2. The Labute approximate surface area is 150 Å². The van der Waals surface area contributed by atoms with Crippen LogP contribution in [0.4, 0.5) is 0 Å². The molecule has 2 heterocycles. The highest BCUT2D eigenvalue weighted by Gasteiger charge is 2.16. The zero-order chi connectivity index (χ0) is 17.1. The summed E-state index contributed by atoms with van der Waals surface area (Å²) in [6.45, 7) is 3.08. The second-order valence-electron chi connectivity index (χ2n) is 5.81. The minimum Gasteiger partial charge on any atom is -0.339 e. The van der Waals surface area contributed by atoms with Crippen LogP contribution in [-0.4, -0.2) is 33.7 Å². The number of carbonyl (C=O) groups is 1. The molecule has 0 saturated carbocycles. The van der Waals surface area contributed by atoms with Gasteiger partial charge in [-0.25, -0.2) is 4.98 Å². The summed E-state index contributed by atoms with van der Waals surface area (Å²) in [5, 5.41) is 2.07. The predicted molar refractivity (Wildman–Crippen MR) is 102 cm³/mol. The maximum atomic E-state index is 12.7. The SMILES string of the molecule is CSCc1nc2ccccc2n1CC(=O)N(C)Cc1sccc1C. The Morgan fingerprint density at radius 1 is 1.33 bits per heavy atom. The molecule has 0 spiro atoms. The molecule has 3 rings (SSSR count). The highest BCUT2D eigenvalue weighted by molar-refractivity contribution is 7.97. The van der Waals surface area contributed by atoms with Crippen LogP contribution < -0.4 is 0 Å². The summed E-state index contributed by atoms with van der Waals surface area (Å²) in [4.78, 5) is 20.4. The van der Waals surface area contributed by atoms with Gasteiger partial charge in [0.2, 0.25) is 5.91 Å². The van der Waals surface area contributed by atoms with Crippen molar-refractivity contribution in [3.8, 4) is 0 Å². The van der Waals surface area contributed by atoms with E-state index in [1.165, 1.54) is 10.4 Å². The molecule has 0 unspecified atom stereocenters. The molecule has 4 nitrogen and oxygen atoms in total. The number of para-hydroxylation sites is 2. The molecule has 0 radical (unpaired) electrons. The van der Waals surface area contributed by atoms with Crippen LogP contribution in [0.2, 0.25) is 0 Å². The first-order valence-electron chi connectivity index (χ1n) is 7.80.